The highest BCUT2D eigenvalue weighted by atomic mass is 16.5. The van der Waals surface area contributed by atoms with E-state index in [0.29, 0.717) is 17.4 Å². The van der Waals surface area contributed by atoms with Crippen molar-refractivity contribution < 1.29 is 14.1 Å². The van der Waals surface area contributed by atoms with Crippen LogP contribution >= 0.6 is 0 Å². The molecule has 8 heteroatoms. The Morgan fingerprint density at radius 1 is 1.32 bits per heavy atom. The fourth-order valence-corrected chi connectivity index (χ4v) is 2.27. The molecule has 0 unspecified atom stereocenters. The lowest BCUT2D eigenvalue weighted by molar-refractivity contribution is -0.121. The van der Waals surface area contributed by atoms with Crippen molar-refractivity contribution in [3.63, 3.8) is 0 Å². The largest absolute Gasteiger partial charge is 0.362 e. The highest BCUT2D eigenvalue weighted by molar-refractivity contribution is 5.93. The number of anilines is 1. The van der Waals surface area contributed by atoms with Gasteiger partial charge in [0.05, 0.1) is 11.0 Å². The first-order valence-electron chi connectivity index (χ1n) is 7.98. The normalized spacial score (nSPS) is 11.8. The van der Waals surface area contributed by atoms with Crippen LogP contribution in [0.5, 0.6) is 0 Å². The molecule has 2 aromatic heterocycles. The Balaban J connectivity index is 1.59. The first-order chi connectivity index (χ1) is 11.8. The Morgan fingerprint density at radius 3 is 2.80 bits per heavy atom. The third kappa shape index (κ3) is 4.21. The molecule has 0 saturated heterocycles. The van der Waals surface area contributed by atoms with E-state index in [-0.39, 0.29) is 24.5 Å². The maximum absolute atomic E-state index is 12.0. The summed E-state index contributed by atoms with van der Waals surface area (Å²) >= 11 is 0. The zero-order chi connectivity index (χ0) is 18.0. The molecule has 132 valence electrons. The van der Waals surface area contributed by atoms with E-state index in [0.717, 1.165) is 16.9 Å². The van der Waals surface area contributed by atoms with Crippen LogP contribution in [0.1, 0.15) is 38.3 Å². The van der Waals surface area contributed by atoms with Crippen molar-refractivity contribution in [3.05, 3.63) is 35.7 Å². The molecule has 0 fully saturated rings. The summed E-state index contributed by atoms with van der Waals surface area (Å²) in [5, 5.41) is 6.45. The lowest BCUT2D eigenvalue weighted by Crippen LogP contribution is -2.18. The van der Waals surface area contributed by atoms with Gasteiger partial charge in [-0.1, -0.05) is 25.9 Å². The Morgan fingerprint density at radius 2 is 2.12 bits per heavy atom. The molecule has 0 aliphatic rings. The standard InChI is InChI=1S/C17H21N5O3/c1-10-18-15(25-22-10)9-24-8-14(23)19-11-5-6-12-13(7-11)21-16(20-12)17(2,3)4/h5-7H,8-9H2,1-4H3,(H,19,23)(H,20,21). The Bertz CT molecular complexity index is 891. The lowest BCUT2D eigenvalue weighted by atomic mass is 9.96. The summed E-state index contributed by atoms with van der Waals surface area (Å²) in [6, 6.07) is 5.55. The van der Waals surface area contributed by atoms with Crippen LogP contribution in [0, 0.1) is 6.92 Å². The molecular formula is C17H21N5O3. The predicted molar refractivity (Wildman–Crippen MR) is 92.1 cm³/mol. The quantitative estimate of drug-likeness (QED) is 0.738. The number of aromatic nitrogens is 4. The molecule has 3 aromatic rings. The van der Waals surface area contributed by atoms with Gasteiger partial charge < -0.3 is 19.6 Å². The summed E-state index contributed by atoms with van der Waals surface area (Å²) < 4.78 is 10.2. The number of nitrogens with zero attached hydrogens (tertiary/aromatic N) is 3. The van der Waals surface area contributed by atoms with Gasteiger partial charge in [-0.15, -0.1) is 0 Å². The van der Waals surface area contributed by atoms with E-state index < -0.39 is 0 Å². The minimum atomic E-state index is -0.258. The number of H-pyrrole nitrogens is 1. The van der Waals surface area contributed by atoms with Crippen LogP contribution in [0.15, 0.2) is 22.7 Å². The molecule has 8 nitrogen and oxygen atoms in total. The maximum atomic E-state index is 12.0. The van der Waals surface area contributed by atoms with Gasteiger partial charge in [0.25, 0.3) is 5.89 Å². The minimum absolute atomic E-state index is 0.0661. The van der Waals surface area contributed by atoms with Crippen LogP contribution in [0.4, 0.5) is 5.69 Å². The minimum Gasteiger partial charge on any atom is -0.362 e. The van der Waals surface area contributed by atoms with E-state index in [1.54, 1.807) is 6.92 Å². The van der Waals surface area contributed by atoms with E-state index in [9.17, 15) is 4.79 Å². The van der Waals surface area contributed by atoms with Gasteiger partial charge in [-0.05, 0) is 25.1 Å². The zero-order valence-electron chi connectivity index (χ0n) is 14.7. The molecule has 0 aliphatic heterocycles. The lowest BCUT2D eigenvalue weighted by Gasteiger charge is -2.13. The molecule has 0 bridgehead atoms. The molecule has 2 heterocycles. The second-order valence-corrected chi connectivity index (χ2v) is 6.84. The Kier molecular flexibility index (Phi) is 4.54. The van der Waals surface area contributed by atoms with Crippen molar-refractivity contribution in [1.29, 1.82) is 0 Å². The third-order valence-corrected chi connectivity index (χ3v) is 3.50. The van der Waals surface area contributed by atoms with Gasteiger partial charge in [-0.2, -0.15) is 4.98 Å². The molecule has 1 aromatic carbocycles. The second-order valence-electron chi connectivity index (χ2n) is 6.84. The summed E-state index contributed by atoms with van der Waals surface area (Å²) in [7, 11) is 0. The molecule has 25 heavy (non-hydrogen) atoms. The second kappa shape index (κ2) is 6.64. The van der Waals surface area contributed by atoms with E-state index >= 15 is 0 Å². The number of carbonyl (C=O) groups is 1. The molecule has 0 spiro atoms. The summed E-state index contributed by atoms with van der Waals surface area (Å²) in [5.41, 5.74) is 2.36. The van der Waals surface area contributed by atoms with Crippen LogP contribution in [0.25, 0.3) is 11.0 Å². The zero-order valence-corrected chi connectivity index (χ0v) is 14.7. The number of aryl methyl sites for hydroxylation is 1. The maximum Gasteiger partial charge on any atom is 0.252 e. The number of hydrogen-bond acceptors (Lipinski definition) is 6. The van der Waals surface area contributed by atoms with Gasteiger partial charge in [0, 0.05) is 11.1 Å². The highest BCUT2D eigenvalue weighted by Crippen LogP contribution is 2.24. The molecule has 0 radical (unpaired) electrons. The molecular weight excluding hydrogens is 322 g/mol. The molecule has 0 saturated carbocycles. The van der Waals surface area contributed by atoms with Crippen molar-refractivity contribution in [2.75, 3.05) is 11.9 Å². The van der Waals surface area contributed by atoms with Crippen LogP contribution < -0.4 is 5.32 Å². The van der Waals surface area contributed by atoms with Crippen molar-refractivity contribution >= 4 is 22.6 Å². The van der Waals surface area contributed by atoms with Crippen LogP contribution in [-0.2, 0) is 21.6 Å². The van der Waals surface area contributed by atoms with Gasteiger partial charge in [0.1, 0.15) is 19.0 Å². The van der Waals surface area contributed by atoms with Gasteiger partial charge in [0.2, 0.25) is 5.91 Å². The number of hydrogen-bond donors (Lipinski definition) is 2. The van der Waals surface area contributed by atoms with Crippen molar-refractivity contribution in [2.45, 2.75) is 39.7 Å². The number of ether oxygens (including phenoxy) is 1. The number of nitrogens with one attached hydrogen (secondary N) is 2. The number of imidazole rings is 1. The topological polar surface area (TPSA) is 106 Å². The van der Waals surface area contributed by atoms with Crippen LogP contribution in [-0.4, -0.2) is 32.6 Å². The van der Waals surface area contributed by atoms with E-state index in [1.165, 1.54) is 0 Å². The summed E-state index contributed by atoms with van der Waals surface area (Å²) in [6.07, 6.45) is 0. The van der Waals surface area contributed by atoms with Crippen LogP contribution in [0.2, 0.25) is 0 Å². The van der Waals surface area contributed by atoms with Crippen molar-refractivity contribution in [1.82, 2.24) is 20.1 Å². The Hall–Kier alpha value is -2.74. The number of fused-ring (bicyclic) bond motifs is 1. The third-order valence-electron chi connectivity index (χ3n) is 3.50. The fraction of sp³-hybridized carbons (Fsp3) is 0.412. The van der Waals surface area contributed by atoms with Crippen molar-refractivity contribution in [2.24, 2.45) is 0 Å². The van der Waals surface area contributed by atoms with Gasteiger partial charge in [-0.25, -0.2) is 4.98 Å². The smallest absolute Gasteiger partial charge is 0.252 e. The average molecular weight is 343 g/mol. The summed E-state index contributed by atoms with van der Waals surface area (Å²) in [6.45, 7) is 8.00. The fourth-order valence-electron chi connectivity index (χ4n) is 2.27. The summed E-state index contributed by atoms with van der Waals surface area (Å²) in [4.78, 5) is 23.9. The van der Waals surface area contributed by atoms with Gasteiger partial charge in [-0.3, -0.25) is 4.79 Å². The average Bonchev–Trinajstić information content (AvgIpc) is 3.12. The Labute approximate surface area is 145 Å². The molecule has 2 N–H and O–H groups in total. The number of benzene rings is 1. The van der Waals surface area contributed by atoms with E-state index in [2.05, 4.69) is 46.2 Å². The number of amides is 1. The van der Waals surface area contributed by atoms with Gasteiger partial charge >= 0.3 is 0 Å². The predicted octanol–water partition coefficient (Wildman–Crippen LogP) is 2.71. The SMILES string of the molecule is Cc1noc(COCC(=O)Nc2ccc3nc(C(C)(C)C)[nH]c3c2)n1. The van der Waals surface area contributed by atoms with Crippen molar-refractivity contribution in [3.8, 4) is 0 Å². The monoisotopic (exact) mass is 343 g/mol. The van der Waals surface area contributed by atoms with Gasteiger partial charge in [0.15, 0.2) is 5.82 Å². The first-order valence-corrected chi connectivity index (χ1v) is 7.98. The number of carbonyl (C=O) groups excluding carboxylic acids is 1. The van der Waals surface area contributed by atoms with E-state index in [4.69, 9.17) is 9.26 Å². The van der Waals surface area contributed by atoms with Crippen LogP contribution in [0.3, 0.4) is 0 Å². The molecule has 0 atom stereocenters. The first kappa shape index (κ1) is 17.1. The summed E-state index contributed by atoms with van der Waals surface area (Å²) in [5.74, 6) is 1.53. The van der Waals surface area contributed by atoms with E-state index in [1.807, 2.05) is 18.2 Å². The highest BCUT2D eigenvalue weighted by Gasteiger charge is 2.18. The number of rotatable bonds is 5. The molecule has 0 aliphatic carbocycles. The molecule has 1 amide bonds. The molecule has 3 rings (SSSR count). The number of aromatic amines is 1.